The number of unbranched alkanes of at least 4 members (excludes halogenated alkanes) is 1. The summed E-state index contributed by atoms with van der Waals surface area (Å²) < 4.78 is 11.1. The number of benzene rings is 1. The number of guanidine groups is 1. The number of hydrogen-bond acceptors (Lipinski definition) is 4. The molecule has 1 saturated heterocycles. The molecule has 1 fully saturated rings. The van der Waals surface area contributed by atoms with Crippen molar-refractivity contribution in [3.8, 4) is 0 Å². The Bertz CT molecular complexity index is 548. The summed E-state index contributed by atoms with van der Waals surface area (Å²) in [7, 11) is 1.81. The highest BCUT2D eigenvalue weighted by Crippen LogP contribution is 2.20. The molecule has 0 saturated carbocycles. The maximum Gasteiger partial charge on any atom is 0.191 e. The second-order valence-electron chi connectivity index (χ2n) is 6.99. The van der Waals surface area contributed by atoms with Crippen LogP contribution in [0.2, 0.25) is 0 Å². The topological polar surface area (TPSA) is 58.1 Å². The Hall–Kier alpha value is -1.79. The molecule has 1 aromatic carbocycles. The molecule has 1 heterocycles. The lowest BCUT2D eigenvalue weighted by Gasteiger charge is -2.20. The quantitative estimate of drug-likeness (QED) is 0.353. The van der Waals surface area contributed by atoms with Gasteiger partial charge in [-0.15, -0.1) is 0 Å². The maximum atomic E-state index is 5.58. The number of ether oxygens (including phenoxy) is 2. The predicted molar refractivity (Wildman–Crippen MR) is 113 cm³/mol. The zero-order valence-electron chi connectivity index (χ0n) is 17.2. The van der Waals surface area contributed by atoms with Crippen LogP contribution in [0.3, 0.4) is 0 Å². The number of aliphatic imine (C=N–C) groups is 1. The molecule has 2 N–H and O–H groups in total. The molecule has 1 aromatic rings. The normalized spacial score (nSPS) is 17.4. The van der Waals surface area contributed by atoms with Gasteiger partial charge in [0.15, 0.2) is 5.96 Å². The SMILES string of the molecule is CCCCOCCOCCNC(=NC)NC1CCN(c2ccc(C)cc2)C1. The molecule has 6 heteroatoms. The number of rotatable bonds is 11. The van der Waals surface area contributed by atoms with Crippen molar-refractivity contribution in [1.29, 1.82) is 0 Å². The summed E-state index contributed by atoms with van der Waals surface area (Å²) in [5.41, 5.74) is 2.59. The van der Waals surface area contributed by atoms with E-state index in [9.17, 15) is 0 Å². The smallest absolute Gasteiger partial charge is 0.191 e. The maximum absolute atomic E-state index is 5.58. The third-order valence-electron chi connectivity index (χ3n) is 4.70. The minimum atomic E-state index is 0.408. The van der Waals surface area contributed by atoms with Gasteiger partial charge in [-0.3, -0.25) is 4.99 Å². The molecular formula is C21H36N4O2. The van der Waals surface area contributed by atoms with Crippen LogP contribution in [0.4, 0.5) is 5.69 Å². The fraction of sp³-hybridized carbons (Fsp3) is 0.667. The Kier molecular flexibility index (Phi) is 10.0. The first-order valence-corrected chi connectivity index (χ1v) is 10.2. The molecule has 0 aromatic heterocycles. The van der Waals surface area contributed by atoms with Crippen LogP contribution < -0.4 is 15.5 Å². The van der Waals surface area contributed by atoms with Crippen molar-refractivity contribution in [2.24, 2.45) is 4.99 Å². The van der Waals surface area contributed by atoms with Gasteiger partial charge in [0.2, 0.25) is 0 Å². The summed E-state index contributed by atoms with van der Waals surface area (Å²) in [5.74, 6) is 0.841. The lowest BCUT2D eigenvalue weighted by molar-refractivity contribution is 0.0487. The highest BCUT2D eigenvalue weighted by molar-refractivity contribution is 5.80. The Morgan fingerprint density at radius 2 is 1.89 bits per heavy atom. The minimum Gasteiger partial charge on any atom is -0.379 e. The van der Waals surface area contributed by atoms with Crippen molar-refractivity contribution in [2.45, 2.75) is 39.2 Å². The molecule has 0 aliphatic carbocycles. The van der Waals surface area contributed by atoms with Gasteiger partial charge in [-0.2, -0.15) is 0 Å². The van der Waals surface area contributed by atoms with Gasteiger partial charge in [-0.25, -0.2) is 0 Å². The molecule has 0 spiro atoms. The van der Waals surface area contributed by atoms with Gasteiger partial charge in [-0.05, 0) is 31.9 Å². The molecule has 6 nitrogen and oxygen atoms in total. The van der Waals surface area contributed by atoms with E-state index in [2.05, 4.69) is 58.6 Å². The van der Waals surface area contributed by atoms with E-state index in [4.69, 9.17) is 9.47 Å². The van der Waals surface area contributed by atoms with E-state index in [1.54, 1.807) is 0 Å². The highest BCUT2D eigenvalue weighted by atomic mass is 16.5. The summed E-state index contributed by atoms with van der Waals surface area (Å²) >= 11 is 0. The average Bonchev–Trinajstić information content (AvgIpc) is 3.15. The van der Waals surface area contributed by atoms with Crippen LogP contribution in [-0.2, 0) is 9.47 Å². The van der Waals surface area contributed by atoms with Gasteiger partial charge in [0.1, 0.15) is 0 Å². The monoisotopic (exact) mass is 376 g/mol. The molecule has 1 atom stereocenters. The molecule has 1 aliphatic heterocycles. The van der Waals surface area contributed by atoms with Crippen LogP contribution in [0, 0.1) is 6.92 Å². The Morgan fingerprint density at radius 3 is 2.59 bits per heavy atom. The summed E-state index contributed by atoms with van der Waals surface area (Å²) in [6.07, 6.45) is 3.40. The Labute approximate surface area is 164 Å². The summed E-state index contributed by atoms with van der Waals surface area (Å²) in [5, 5.41) is 6.84. The number of anilines is 1. The third-order valence-corrected chi connectivity index (χ3v) is 4.70. The van der Waals surface area contributed by atoms with Crippen LogP contribution >= 0.6 is 0 Å². The van der Waals surface area contributed by atoms with Gasteiger partial charge in [0.05, 0.1) is 19.8 Å². The van der Waals surface area contributed by atoms with Gasteiger partial charge >= 0.3 is 0 Å². The molecule has 1 aliphatic rings. The molecule has 1 unspecified atom stereocenters. The van der Waals surface area contributed by atoms with E-state index < -0.39 is 0 Å². The van der Waals surface area contributed by atoms with Gasteiger partial charge in [0, 0.05) is 45.0 Å². The van der Waals surface area contributed by atoms with Crippen LogP contribution in [0.5, 0.6) is 0 Å². The number of hydrogen-bond donors (Lipinski definition) is 2. The van der Waals surface area contributed by atoms with Crippen molar-refractivity contribution in [1.82, 2.24) is 10.6 Å². The first-order chi connectivity index (χ1) is 13.2. The van der Waals surface area contributed by atoms with Crippen LogP contribution in [0.1, 0.15) is 31.7 Å². The van der Waals surface area contributed by atoms with Crippen molar-refractivity contribution in [3.63, 3.8) is 0 Å². The predicted octanol–water partition coefficient (Wildman–Crippen LogP) is 2.57. The standard InChI is InChI=1S/C21H36N4O2/c1-4-5-13-26-15-16-27-14-11-23-21(22-3)24-19-10-12-25(17-19)20-8-6-18(2)7-9-20/h6-9,19H,4-5,10-17H2,1-3H3,(H2,22,23,24). The lowest BCUT2D eigenvalue weighted by atomic mass is 10.2. The fourth-order valence-corrected chi connectivity index (χ4v) is 3.07. The van der Waals surface area contributed by atoms with Gasteiger partial charge < -0.3 is 25.0 Å². The van der Waals surface area contributed by atoms with E-state index in [1.807, 2.05) is 7.05 Å². The van der Waals surface area contributed by atoms with E-state index in [0.29, 0.717) is 25.9 Å². The number of nitrogens with zero attached hydrogens (tertiary/aromatic N) is 2. The van der Waals surface area contributed by atoms with E-state index in [-0.39, 0.29) is 0 Å². The van der Waals surface area contributed by atoms with Crippen LogP contribution in [0.15, 0.2) is 29.3 Å². The highest BCUT2D eigenvalue weighted by Gasteiger charge is 2.23. The number of nitrogens with one attached hydrogen (secondary N) is 2. The first kappa shape index (κ1) is 21.5. The summed E-state index contributed by atoms with van der Waals surface area (Å²) in [6.45, 7) is 9.88. The second-order valence-corrected chi connectivity index (χ2v) is 6.99. The number of aryl methyl sites for hydroxylation is 1. The largest absolute Gasteiger partial charge is 0.379 e. The zero-order chi connectivity index (χ0) is 19.3. The molecule has 27 heavy (non-hydrogen) atoms. The average molecular weight is 377 g/mol. The molecule has 0 amide bonds. The van der Waals surface area contributed by atoms with Crippen LogP contribution in [-0.4, -0.2) is 65.1 Å². The van der Waals surface area contributed by atoms with Crippen molar-refractivity contribution < 1.29 is 9.47 Å². The lowest BCUT2D eigenvalue weighted by Crippen LogP contribution is -2.45. The molecule has 2 rings (SSSR count). The Balaban J connectivity index is 1.58. The third kappa shape index (κ3) is 8.18. The summed E-state index contributed by atoms with van der Waals surface area (Å²) in [6, 6.07) is 9.16. The van der Waals surface area contributed by atoms with E-state index in [1.165, 1.54) is 17.7 Å². The van der Waals surface area contributed by atoms with Gasteiger partial charge in [-0.1, -0.05) is 31.0 Å². The summed E-state index contributed by atoms with van der Waals surface area (Å²) in [4.78, 5) is 6.75. The fourth-order valence-electron chi connectivity index (χ4n) is 3.07. The first-order valence-electron chi connectivity index (χ1n) is 10.2. The zero-order valence-corrected chi connectivity index (χ0v) is 17.2. The molecule has 152 valence electrons. The molecule has 0 radical (unpaired) electrons. The Morgan fingerprint density at radius 1 is 1.15 bits per heavy atom. The molecular weight excluding hydrogens is 340 g/mol. The van der Waals surface area contributed by atoms with Crippen molar-refractivity contribution in [3.05, 3.63) is 29.8 Å². The van der Waals surface area contributed by atoms with Crippen LogP contribution in [0.25, 0.3) is 0 Å². The second kappa shape index (κ2) is 12.6. The molecule has 0 bridgehead atoms. The van der Waals surface area contributed by atoms with Gasteiger partial charge in [0.25, 0.3) is 0 Å². The van der Waals surface area contributed by atoms with E-state index in [0.717, 1.165) is 45.0 Å². The van der Waals surface area contributed by atoms with Crippen molar-refractivity contribution in [2.75, 3.05) is 58.0 Å². The van der Waals surface area contributed by atoms with E-state index >= 15 is 0 Å². The minimum absolute atomic E-state index is 0.408. The van der Waals surface area contributed by atoms with Crippen molar-refractivity contribution >= 4 is 11.6 Å².